The molecule has 9 heteroatoms. The van der Waals surface area contributed by atoms with Gasteiger partial charge in [0.15, 0.2) is 0 Å². The maximum atomic E-state index is 13.9. The van der Waals surface area contributed by atoms with Gasteiger partial charge in [-0.25, -0.2) is 8.42 Å². The highest BCUT2D eigenvalue weighted by molar-refractivity contribution is 7.92. The lowest BCUT2D eigenvalue weighted by Crippen LogP contribution is -2.54. The predicted octanol–water partition coefficient (Wildman–Crippen LogP) is 5.75. The number of carbonyl (C=O) groups excluding carboxylic acids is 2. The summed E-state index contributed by atoms with van der Waals surface area (Å²) in [6, 6.07) is 23.5. The molecular weight excluding hydrogens is 558 g/mol. The van der Waals surface area contributed by atoms with Crippen molar-refractivity contribution in [3.8, 4) is 0 Å². The molecule has 7 nitrogen and oxygen atoms in total. The van der Waals surface area contributed by atoms with Gasteiger partial charge >= 0.3 is 0 Å². The summed E-state index contributed by atoms with van der Waals surface area (Å²) in [5.74, 6) is -0.465. The summed E-state index contributed by atoms with van der Waals surface area (Å²) in [7, 11) is -3.63. The maximum Gasteiger partial charge on any atom is 0.243 e. The zero-order valence-electron chi connectivity index (χ0n) is 24.4. The van der Waals surface area contributed by atoms with Crippen LogP contribution in [0, 0.1) is 6.92 Å². The molecule has 0 saturated heterocycles. The van der Waals surface area contributed by atoms with Crippen molar-refractivity contribution in [1.82, 2.24) is 10.2 Å². The molecule has 0 aliphatic carbocycles. The maximum absolute atomic E-state index is 13.9. The van der Waals surface area contributed by atoms with Crippen molar-refractivity contribution in [1.29, 1.82) is 0 Å². The number of hydrogen-bond donors (Lipinski definition) is 1. The third-order valence-corrected chi connectivity index (χ3v) is 7.97. The first-order valence-corrected chi connectivity index (χ1v) is 15.9. The van der Waals surface area contributed by atoms with Crippen molar-refractivity contribution >= 4 is 39.1 Å². The second kappa shape index (κ2) is 14.0. The lowest BCUT2D eigenvalue weighted by atomic mass is 10.00. The van der Waals surface area contributed by atoms with Gasteiger partial charge in [-0.1, -0.05) is 78.3 Å². The Labute approximate surface area is 249 Å². The molecule has 0 radical (unpaired) electrons. The molecule has 0 aromatic heterocycles. The van der Waals surface area contributed by atoms with Gasteiger partial charge in [-0.15, -0.1) is 0 Å². The van der Waals surface area contributed by atoms with Crippen LogP contribution in [0.3, 0.4) is 0 Å². The van der Waals surface area contributed by atoms with Gasteiger partial charge in [-0.05, 0) is 62.9 Å². The summed E-state index contributed by atoms with van der Waals surface area (Å²) >= 11 is 6.17. The molecule has 3 aromatic rings. The number of hydrogen-bond acceptors (Lipinski definition) is 4. The molecule has 1 N–H and O–H groups in total. The van der Waals surface area contributed by atoms with E-state index in [0.717, 1.165) is 22.9 Å². The molecule has 0 aliphatic heterocycles. The van der Waals surface area contributed by atoms with Crippen molar-refractivity contribution in [3.05, 3.63) is 101 Å². The van der Waals surface area contributed by atoms with Crippen LogP contribution in [0.25, 0.3) is 0 Å². The fourth-order valence-electron chi connectivity index (χ4n) is 4.62. The van der Waals surface area contributed by atoms with E-state index >= 15 is 0 Å². The number of carbonyl (C=O) groups is 2. The van der Waals surface area contributed by atoms with E-state index in [2.05, 4.69) is 5.32 Å². The van der Waals surface area contributed by atoms with Gasteiger partial charge in [0.1, 0.15) is 6.04 Å². The first-order chi connectivity index (χ1) is 19.2. The van der Waals surface area contributed by atoms with Crippen LogP contribution in [0.1, 0.15) is 50.3 Å². The molecule has 3 rings (SSSR count). The Bertz CT molecular complexity index is 1420. The number of nitrogens with zero attached hydrogens (tertiary/aromatic N) is 2. The molecule has 0 bridgehead atoms. The van der Waals surface area contributed by atoms with Crippen LogP contribution in [-0.4, -0.2) is 49.5 Å². The van der Waals surface area contributed by atoms with Crippen molar-refractivity contribution in [3.63, 3.8) is 0 Å². The minimum atomic E-state index is -3.63. The second-order valence-electron chi connectivity index (χ2n) is 11.3. The first kappa shape index (κ1) is 32.2. The topological polar surface area (TPSA) is 86.8 Å². The lowest BCUT2D eigenvalue weighted by Gasteiger charge is -2.34. The van der Waals surface area contributed by atoms with Gasteiger partial charge in [-0.2, -0.15) is 0 Å². The molecule has 0 unspecified atom stereocenters. The van der Waals surface area contributed by atoms with E-state index in [0.29, 0.717) is 17.1 Å². The fraction of sp³-hybridized carbons (Fsp3) is 0.375. The average Bonchev–Trinajstić information content (AvgIpc) is 2.89. The van der Waals surface area contributed by atoms with Gasteiger partial charge < -0.3 is 10.2 Å². The Hall–Kier alpha value is -3.36. The number of halogens is 1. The molecule has 1 atom stereocenters. The van der Waals surface area contributed by atoms with Gasteiger partial charge in [0, 0.05) is 36.5 Å². The number of amides is 2. The third-order valence-electron chi connectivity index (χ3n) is 6.56. The molecule has 0 fully saturated rings. The third kappa shape index (κ3) is 9.90. The summed E-state index contributed by atoms with van der Waals surface area (Å²) in [5, 5.41) is 3.48. The van der Waals surface area contributed by atoms with Gasteiger partial charge in [-0.3, -0.25) is 13.9 Å². The van der Waals surface area contributed by atoms with Crippen molar-refractivity contribution in [2.24, 2.45) is 0 Å². The number of rotatable bonds is 12. The highest BCUT2D eigenvalue weighted by atomic mass is 35.5. The van der Waals surface area contributed by atoms with E-state index in [1.807, 2.05) is 88.4 Å². The molecule has 41 heavy (non-hydrogen) atoms. The molecule has 3 aromatic carbocycles. The van der Waals surface area contributed by atoms with Crippen molar-refractivity contribution in [2.45, 2.75) is 65.1 Å². The standard InChI is InChI=1S/C32H40ClN3O4S/c1-24-18-19-27(33)22-28(24)36(41(5,39)40)20-12-17-30(37)35(23-26-15-10-7-11-16-26)29(31(38)34-32(2,3)4)21-25-13-8-6-9-14-25/h6-11,13-16,18-19,22,29H,12,17,20-21,23H2,1-5H3,(H,34,38)/t29-/m1/s1. The molecule has 0 heterocycles. The van der Waals surface area contributed by atoms with Crippen LogP contribution in [0.15, 0.2) is 78.9 Å². The summed E-state index contributed by atoms with van der Waals surface area (Å²) < 4.78 is 26.7. The molecule has 2 amide bonds. The van der Waals surface area contributed by atoms with Crippen LogP contribution < -0.4 is 9.62 Å². The van der Waals surface area contributed by atoms with E-state index < -0.39 is 21.6 Å². The minimum Gasteiger partial charge on any atom is -0.350 e. The summed E-state index contributed by atoms with van der Waals surface area (Å²) in [6.07, 6.45) is 1.82. The van der Waals surface area contributed by atoms with Gasteiger partial charge in [0.2, 0.25) is 21.8 Å². The molecule has 220 valence electrons. The van der Waals surface area contributed by atoms with Crippen LogP contribution in [0.4, 0.5) is 5.69 Å². The Morgan fingerprint density at radius 1 is 0.927 bits per heavy atom. The summed E-state index contributed by atoms with van der Waals surface area (Å²) in [6.45, 7) is 7.89. The number of anilines is 1. The Morgan fingerprint density at radius 3 is 2.07 bits per heavy atom. The number of aryl methyl sites for hydroxylation is 1. The van der Waals surface area contributed by atoms with Gasteiger partial charge in [0.25, 0.3) is 0 Å². The lowest BCUT2D eigenvalue weighted by molar-refractivity contribution is -0.142. The van der Waals surface area contributed by atoms with Crippen LogP contribution in [-0.2, 0) is 32.6 Å². The quantitative estimate of drug-likeness (QED) is 0.288. The molecule has 0 spiro atoms. The van der Waals surface area contributed by atoms with E-state index in [-0.39, 0.29) is 37.7 Å². The van der Waals surface area contributed by atoms with Crippen molar-refractivity contribution < 1.29 is 18.0 Å². The molecule has 0 aliphatic rings. The van der Waals surface area contributed by atoms with E-state index in [1.54, 1.807) is 23.1 Å². The van der Waals surface area contributed by atoms with E-state index in [4.69, 9.17) is 11.6 Å². The van der Waals surface area contributed by atoms with Crippen LogP contribution in [0.2, 0.25) is 5.02 Å². The summed E-state index contributed by atoms with van der Waals surface area (Å²) in [5.41, 5.74) is 2.60. The summed E-state index contributed by atoms with van der Waals surface area (Å²) in [4.78, 5) is 29.2. The highest BCUT2D eigenvalue weighted by Gasteiger charge is 2.32. The zero-order valence-corrected chi connectivity index (χ0v) is 26.0. The number of nitrogens with one attached hydrogen (secondary N) is 1. The Balaban J connectivity index is 1.90. The minimum absolute atomic E-state index is 0.0621. The van der Waals surface area contributed by atoms with Crippen LogP contribution in [0.5, 0.6) is 0 Å². The predicted molar refractivity (Wildman–Crippen MR) is 166 cm³/mol. The Morgan fingerprint density at radius 2 is 1.51 bits per heavy atom. The van der Waals surface area contributed by atoms with E-state index in [9.17, 15) is 18.0 Å². The van der Waals surface area contributed by atoms with Crippen molar-refractivity contribution in [2.75, 3.05) is 17.1 Å². The fourth-order valence-corrected chi connectivity index (χ4v) is 5.80. The number of benzene rings is 3. The normalized spacial score (nSPS) is 12.4. The molecular formula is C32H40ClN3O4S. The molecule has 0 saturated carbocycles. The van der Waals surface area contributed by atoms with E-state index in [1.165, 1.54) is 4.31 Å². The average molecular weight is 598 g/mol. The highest BCUT2D eigenvalue weighted by Crippen LogP contribution is 2.27. The SMILES string of the molecule is Cc1ccc(Cl)cc1N(CCCC(=O)N(Cc1ccccc1)[C@H](Cc1ccccc1)C(=O)NC(C)(C)C)S(C)(=O)=O. The monoisotopic (exact) mass is 597 g/mol. The number of sulfonamides is 1. The van der Waals surface area contributed by atoms with Crippen LogP contribution >= 0.6 is 11.6 Å². The zero-order chi connectivity index (χ0) is 30.2. The Kier molecular flexibility index (Phi) is 11.0. The largest absolute Gasteiger partial charge is 0.350 e. The van der Waals surface area contributed by atoms with Gasteiger partial charge in [0.05, 0.1) is 11.9 Å². The first-order valence-electron chi connectivity index (χ1n) is 13.7. The second-order valence-corrected chi connectivity index (χ2v) is 13.7. The smallest absolute Gasteiger partial charge is 0.243 e.